The smallest absolute Gasteiger partial charge is 0.265 e. The molecule has 0 unspecified atom stereocenters. The van der Waals surface area contributed by atoms with E-state index in [-0.39, 0.29) is 5.91 Å². The molecule has 0 atom stereocenters. The molecule has 1 amide bonds. The van der Waals surface area contributed by atoms with Crippen LogP contribution in [-0.4, -0.2) is 5.91 Å². The Kier molecular flexibility index (Phi) is 4.15. The van der Waals surface area contributed by atoms with Crippen molar-refractivity contribution in [3.05, 3.63) is 65.2 Å². The van der Waals surface area contributed by atoms with Crippen LogP contribution in [0.4, 0.5) is 0 Å². The molecule has 0 aliphatic heterocycles. The number of carbonyl (C=O) groups is 1. The number of aryl methyl sites for hydroxylation is 1. The van der Waals surface area contributed by atoms with Crippen LogP contribution in [0.5, 0.6) is 5.75 Å². The fourth-order valence-electron chi connectivity index (χ4n) is 1.77. The summed E-state index contributed by atoms with van der Waals surface area (Å²) >= 11 is 0. The predicted molar refractivity (Wildman–Crippen MR) is 73.6 cm³/mol. The minimum atomic E-state index is -0.308. The summed E-state index contributed by atoms with van der Waals surface area (Å²) in [5.41, 5.74) is 4.64. The lowest BCUT2D eigenvalue weighted by Gasteiger charge is -2.09. The van der Waals surface area contributed by atoms with Crippen molar-refractivity contribution >= 4 is 5.91 Å². The Balaban J connectivity index is 2.08. The molecule has 98 valence electrons. The highest BCUT2D eigenvalue weighted by Crippen LogP contribution is 2.18. The van der Waals surface area contributed by atoms with Gasteiger partial charge in [0.15, 0.2) is 0 Å². The van der Waals surface area contributed by atoms with Crippen LogP contribution in [0.3, 0.4) is 0 Å². The van der Waals surface area contributed by atoms with Crippen molar-refractivity contribution in [2.24, 2.45) is 5.84 Å². The van der Waals surface area contributed by atoms with Gasteiger partial charge in [0.2, 0.25) is 0 Å². The molecule has 0 fully saturated rings. The van der Waals surface area contributed by atoms with Gasteiger partial charge in [-0.15, -0.1) is 0 Å². The number of hydrogen-bond donors (Lipinski definition) is 2. The first-order valence-corrected chi connectivity index (χ1v) is 5.99. The van der Waals surface area contributed by atoms with Gasteiger partial charge >= 0.3 is 0 Å². The molecular formula is C15H16N2O2. The summed E-state index contributed by atoms with van der Waals surface area (Å²) in [5.74, 6) is 5.64. The van der Waals surface area contributed by atoms with Crippen LogP contribution in [0.1, 0.15) is 21.5 Å². The van der Waals surface area contributed by atoms with Gasteiger partial charge in [0.1, 0.15) is 12.4 Å². The number of para-hydroxylation sites is 1. The Hall–Kier alpha value is -2.33. The van der Waals surface area contributed by atoms with Gasteiger partial charge in [-0.25, -0.2) is 5.84 Å². The number of hydrogen-bond acceptors (Lipinski definition) is 3. The van der Waals surface area contributed by atoms with Crippen molar-refractivity contribution in [1.82, 2.24) is 5.43 Å². The average Bonchev–Trinajstić information content (AvgIpc) is 2.46. The standard InChI is InChI=1S/C15H16N2O2/c1-11-5-2-3-8-14(11)19-10-12-6-4-7-13(9-12)15(18)17-16/h2-9H,10,16H2,1H3,(H,17,18). The van der Waals surface area contributed by atoms with E-state index in [1.54, 1.807) is 18.2 Å². The van der Waals surface area contributed by atoms with Gasteiger partial charge in [0.25, 0.3) is 5.91 Å². The van der Waals surface area contributed by atoms with Crippen molar-refractivity contribution in [2.75, 3.05) is 0 Å². The zero-order chi connectivity index (χ0) is 13.7. The fraction of sp³-hybridized carbons (Fsp3) is 0.133. The number of rotatable bonds is 4. The van der Waals surface area contributed by atoms with Crippen molar-refractivity contribution < 1.29 is 9.53 Å². The normalized spacial score (nSPS) is 10.0. The van der Waals surface area contributed by atoms with E-state index in [2.05, 4.69) is 5.43 Å². The van der Waals surface area contributed by atoms with Crippen LogP contribution in [0.25, 0.3) is 0 Å². The maximum absolute atomic E-state index is 11.4. The molecule has 0 aliphatic rings. The number of nitrogens with two attached hydrogens (primary N) is 1. The summed E-state index contributed by atoms with van der Waals surface area (Å²) in [5, 5.41) is 0. The van der Waals surface area contributed by atoms with Gasteiger partial charge in [-0.2, -0.15) is 0 Å². The lowest BCUT2D eigenvalue weighted by Crippen LogP contribution is -2.30. The lowest BCUT2D eigenvalue weighted by molar-refractivity contribution is 0.0953. The second kappa shape index (κ2) is 6.02. The van der Waals surface area contributed by atoms with E-state index < -0.39 is 0 Å². The van der Waals surface area contributed by atoms with Crippen LogP contribution in [-0.2, 0) is 6.61 Å². The lowest BCUT2D eigenvalue weighted by atomic mass is 10.1. The number of nitrogens with one attached hydrogen (secondary N) is 1. The zero-order valence-corrected chi connectivity index (χ0v) is 10.7. The highest BCUT2D eigenvalue weighted by Gasteiger charge is 2.05. The zero-order valence-electron chi connectivity index (χ0n) is 10.7. The quantitative estimate of drug-likeness (QED) is 0.500. The number of amides is 1. The molecule has 0 aromatic heterocycles. The van der Waals surface area contributed by atoms with Gasteiger partial charge in [-0.3, -0.25) is 10.2 Å². The third-order valence-electron chi connectivity index (χ3n) is 2.81. The topological polar surface area (TPSA) is 64.3 Å². The summed E-state index contributed by atoms with van der Waals surface area (Å²) in [7, 11) is 0. The van der Waals surface area contributed by atoms with Crippen LogP contribution in [0.2, 0.25) is 0 Å². The van der Waals surface area contributed by atoms with E-state index in [0.29, 0.717) is 12.2 Å². The largest absolute Gasteiger partial charge is 0.489 e. The molecule has 0 saturated carbocycles. The van der Waals surface area contributed by atoms with Gasteiger partial charge in [0.05, 0.1) is 0 Å². The minimum Gasteiger partial charge on any atom is -0.489 e. The molecule has 0 spiro atoms. The molecule has 2 rings (SSSR count). The molecule has 2 aromatic carbocycles. The molecule has 3 N–H and O–H groups in total. The highest BCUT2D eigenvalue weighted by molar-refractivity contribution is 5.93. The summed E-state index contributed by atoms with van der Waals surface area (Å²) < 4.78 is 5.73. The monoisotopic (exact) mass is 256 g/mol. The Labute approximate surface area is 112 Å². The Morgan fingerprint density at radius 3 is 2.74 bits per heavy atom. The molecule has 0 radical (unpaired) electrons. The highest BCUT2D eigenvalue weighted by atomic mass is 16.5. The molecule has 0 bridgehead atoms. The number of hydrazine groups is 1. The van der Waals surface area contributed by atoms with E-state index in [4.69, 9.17) is 10.6 Å². The second-order valence-electron chi connectivity index (χ2n) is 4.23. The van der Waals surface area contributed by atoms with Crippen molar-refractivity contribution in [3.8, 4) is 5.75 Å². The first kappa shape index (κ1) is 13.1. The third kappa shape index (κ3) is 3.33. The number of ether oxygens (including phenoxy) is 1. The van der Waals surface area contributed by atoms with Crippen LogP contribution >= 0.6 is 0 Å². The maximum Gasteiger partial charge on any atom is 0.265 e. The van der Waals surface area contributed by atoms with E-state index in [9.17, 15) is 4.79 Å². The van der Waals surface area contributed by atoms with E-state index in [1.165, 1.54) is 0 Å². The van der Waals surface area contributed by atoms with Crippen molar-refractivity contribution in [1.29, 1.82) is 0 Å². The van der Waals surface area contributed by atoms with E-state index >= 15 is 0 Å². The Bertz CT molecular complexity index is 582. The maximum atomic E-state index is 11.4. The summed E-state index contributed by atoms with van der Waals surface area (Å²) in [4.78, 5) is 11.4. The number of carbonyl (C=O) groups excluding carboxylic acids is 1. The molecule has 0 aliphatic carbocycles. The molecule has 0 heterocycles. The number of nitrogen functional groups attached to an aromatic ring is 1. The van der Waals surface area contributed by atoms with Gasteiger partial charge < -0.3 is 4.74 Å². The molecule has 4 heteroatoms. The minimum absolute atomic E-state index is 0.308. The third-order valence-corrected chi connectivity index (χ3v) is 2.81. The van der Waals surface area contributed by atoms with Gasteiger partial charge in [-0.05, 0) is 36.2 Å². The predicted octanol–water partition coefficient (Wildman–Crippen LogP) is 2.18. The Morgan fingerprint density at radius 1 is 1.21 bits per heavy atom. The average molecular weight is 256 g/mol. The molecule has 0 saturated heterocycles. The van der Waals surface area contributed by atoms with Gasteiger partial charge in [0, 0.05) is 5.56 Å². The molecule has 4 nitrogen and oxygen atoms in total. The van der Waals surface area contributed by atoms with Crippen molar-refractivity contribution in [3.63, 3.8) is 0 Å². The molecule has 2 aromatic rings. The summed E-state index contributed by atoms with van der Waals surface area (Å²) in [6.45, 7) is 2.41. The molecule has 19 heavy (non-hydrogen) atoms. The van der Waals surface area contributed by atoms with E-state index in [1.807, 2.05) is 37.3 Å². The number of benzene rings is 2. The van der Waals surface area contributed by atoms with Crippen LogP contribution in [0, 0.1) is 6.92 Å². The Morgan fingerprint density at radius 2 is 2.00 bits per heavy atom. The fourth-order valence-corrected chi connectivity index (χ4v) is 1.77. The van der Waals surface area contributed by atoms with Crippen molar-refractivity contribution in [2.45, 2.75) is 13.5 Å². The summed E-state index contributed by atoms with van der Waals surface area (Å²) in [6, 6.07) is 15.0. The van der Waals surface area contributed by atoms with E-state index in [0.717, 1.165) is 16.9 Å². The summed E-state index contributed by atoms with van der Waals surface area (Å²) in [6.07, 6.45) is 0. The van der Waals surface area contributed by atoms with Crippen LogP contribution in [0.15, 0.2) is 48.5 Å². The SMILES string of the molecule is Cc1ccccc1OCc1cccc(C(=O)NN)c1. The first-order chi connectivity index (χ1) is 9.20. The van der Waals surface area contributed by atoms with Crippen LogP contribution < -0.4 is 16.0 Å². The molecular weight excluding hydrogens is 240 g/mol. The second-order valence-corrected chi connectivity index (χ2v) is 4.23. The first-order valence-electron chi connectivity index (χ1n) is 5.99. The van der Waals surface area contributed by atoms with Gasteiger partial charge in [-0.1, -0.05) is 30.3 Å².